The first-order valence-corrected chi connectivity index (χ1v) is 9.40. The van der Waals surface area contributed by atoms with Gasteiger partial charge in [-0.15, -0.1) is 0 Å². The second-order valence-corrected chi connectivity index (χ2v) is 7.42. The molecule has 0 aromatic heterocycles. The topological polar surface area (TPSA) is 21.3 Å². The summed E-state index contributed by atoms with van der Waals surface area (Å²) >= 11 is 0. The highest BCUT2D eigenvalue weighted by Gasteiger charge is 2.25. The predicted octanol–water partition coefficient (Wildman–Crippen LogP) is 4.71. The van der Waals surface area contributed by atoms with Gasteiger partial charge in [0.05, 0.1) is 0 Å². The summed E-state index contributed by atoms with van der Waals surface area (Å²) in [6.07, 6.45) is 8.05. The average molecular weight is 337 g/mol. The Bertz CT molecular complexity index is 535. The van der Waals surface area contributed by atoms with E-state index in [2.05, 4.69) is 5.32 Å². The first-order chi connectivity index (χ1) is 11.6. The summed E-state index contributed by atoms with van der Waals surface area (Å²) in [5, 5.41) is 3.66. The van der Waals surface area contributed by atoms with Gasteiger partial charge >= 0.3 is 0 Å². The van der Waals surface area contributed by atoms with E-state index in [1.807, 2.05) is 0 Å². The van der Waals surface area contributed by atoms with Crippen molar-refractivity contribution >= 4 is 0 Å². The van der Waals surface area contributed by atoms with Crippen LogP contribution in [0.3, 0.4) is 0 Å². The Balaban J connectivity index is 1.43. The number of ether oxygens (including phenoxy) is 1. The molecule has 3 rings (SSSR count). The summed E-state index contributed by atoms with van der Waals surface area (Å²) in [5.41, 5.74) is 1.51. The molecular formula is C20H29F2NO. The second kappa shape index (κ2) is 8.39. The van der Waals surface area contributed by atoms with E-state index in [9.17, 15) is 8.78 Å². The minimum absolute atomic E-state index is 0.389. The molecule has 2 fully saturated rings. The number of nitrogens with one attached hydrogen (secondary N) is 1. The Morgan fingerprint density at radius 1 is 1.04 bits per heavy atom. The number of benzene rings is 1. The van der Waals surface area contributed by atoms with E-state index in [1.165, 1.54) is 25.3 Å². The molecule has 0 spiro atoms. The van der Waals surface area contributed by atoms with Gasteiger partial charge in [-0.1, -0.05) is 6.07 Å². The van der Waals surface area contributed by atoms with Crippen LogP contribution in [-0.4, -0.2) is 25.8 Å². The van der Waals surface area contributed by atoms with Gasteiger partial charge in [0, 0.05) is 19.3 Å². The zero-order valence-corrected chi connectivity index (χ0v) is 14.6. The molecule has 1 aromatic carbocycles. The maximum absolute atomic E-state index is 13.8. The third-order valence-corrected chi connectivity index (χ3v) is 5.87. The minimum Gasteiger partial charge on any atom is -0.381 e. The molecule has 0 radical (unpaired) electrons. The number of hydrogen-bond acceptors (Lipinski definition) is 2. The lowest BCUT2D eigenvalue weighted by atomic mass is 9.76. The fraction of sp³-hybridized carbons (Fsp3) is 0.700. The van der Waals surface area contributed by atoms with Crippen molar-refractivity contribution in [2.45, 2.75) is 63.8 Å². The Kier molecular flexibility index (Phi) is 6.23. The Morgan fingerprint density at radius 2 is 1.75 bits per heavy atom. The van der Waals surface area contributed by atoms with Crippen molar-refractivity contribution in [3.05, 3.63) is 34.9 Å². The van der Waals surface area contributed by atoms with Gasteiger partial charge < -0.3 is 10.1 Å². The molecule has 24 heavy (non-hydrogen) atoms. The van der Waals surface area contributed by atoms with Gasteiger partial charge in [0.15, 0.2) is 11.6 Å². The van der Waals surface area contributed by atoms with Gasteiger partial charge in [0.1, 0.15) is 0 Å². The minimum atomic E-state index is -0.732. The largest absolute Gasteiger partial charge is 0.381 e. The van der Waals surface area contributed by atoms with Crippen LogP contribution >= 0.6 is 0 Å². The summed E-state index contributed by atoms with van der Waals surface area (Å²) in [6.45, 7) is 4.56. The van der Waals surface area contributed by atoms with Crippen LogP contribution in [0.5, 0.6) is 0 Å². The van der Waals surface area contributed by atoms with Gasteiger partial charge in [-0.25, -0.2) is 8.78 Å². The van der Waals surface area contributed by atoms with Crippen molar-refractivity contribution in [3.63, 3.8) is 0 Å². The Labute approximate surface area is 144 Å². The van der Waals surface area contributed by atoms with Crippen molar-refractivity contribution in [2.24, 2.45) is 5.92 Å². The third-order valence-electron chi connectivity index (χ3n) is 5.87. The van der Waals surface area contributed by atoms with Crippen LogP contribution in [0.15, 0.2) is 12.1 Å². The molecule has 2 nitrogen and oxygen atoms in total. The van der Waals surface area contributed by atoms with Crippen molar-refractivity contribution < 1.29 is 13.5 Å². The zero-order chi connectivity index (χ0) is 16.9. The molecule has 1 heterocycles. The van der Waals surface area contributed by atoms with Crippen LogP contribution in [0.25, 0.3) is 0 Å². The summed E-state index contributed by atoms with van der Waals surface area (Å²) < 4.78 is 32.5. The fourth-order valence-corrected chi connectivity index (χ4v) is 4.26. The van der Waals surface area contributed by atoms with Crippen molar-refractivity contribution in [1.82, 2.24) is 5.32 Å². The van der Waals surface area contributed by atoms with Crippen molar-refractivity contribution in [3.8, 4) is 0 Å². The Morgan fingerprint density at radius 3 is 2.46 bits per heavy atom. The average Bonchev–Trinajstić information content (AvgIpc) is 2.62. The van der Waals surface area contributed by atoms with Crippen LogP contribution in [0.1, 0.15) is 62.0 Å². The normalized spacial score (nSPS) is 25.8. The molecule has 1 aromatic rings. The van der Waals surface area contributed by atoms with E-state index in [4.69, 9.17) is 4.74 Å². The molecule has 134 valence electrons. The molecule has 0 amide bonds. The summed E-state index contributed by atoms with van der Waals surface area (Å²) in [4.78, 5) is 0. The molecule has 1 aliphatic heterocycles. The molecule has 1 N–H and O–H groups in total. The summed E-state index contributed by atoms with van der Waals surface area (Å²) in [6, 6.07) is 3.69. The smallest absolute Gasteiger partial charge is 0.162 e. The lowest BCUT2D eigenvalue weighted by Crippen LogP contribution is -2.36. The number of rotatable bonds is 5. The molecular weight excluding hydrogens is 308 g/mol. The van der Waals surface area contributed by atoms with Crippen molar-refractivity contribution in [2.75, 3.05) is 19.8 Å². The monoisotopic (exact) mass is 337 g/mol. The third kappa shape index (κ3) is 4.34. The molecule has 1 saturated heterocycles. The maximum Gasteiger partial charge on any atom is 0.162 e. The van der Waals surface area contributed by atoms with Gasteiger partial charge in [0.25, 0.3) is 0 Å². The Hall–Kier alpha value is -1.00. The van der Waals surface area contributed by atoms with Crippen LogP contribution in [-0.2, 0) is 4.74 Å². The van der Waals surface area contributed by atoms with E-state index >= 15 is 0 Å². The highest BCUT2D eigenvalue weighted by atomic mass is 19.2. The van der Waals surface area contributed by atoms with E-state index in [0.29, 0.717) is 17.5 Å². The SMILES string of the molecule is Cc1c(F)c(F)ccc1[C@H]1CC[C@@H](CCNC2CCOCC2)CC1. The molecule has 0 atom stereocenters. The molecule has 2 aliphatic rings. The zero-order valence-electron chi connectivity index (χ0n) is 14.6. The first kappa shape index (κ1) is 17.8. The van der Waals surface area contributed by atoms with Gasteiger partial charge in [0.2, 0.25) is 0 Å². The van der Waals surface area contributed by atoms with Crippen LogP contribution in [0.4, 0.5) is 8.78 Å². The quantitative estimate of drug-likeness (QED) is 0.840. The van der Waals surface area contributed by atoms with Gasteiger partial charge in [-0.3, -0.25) is 0 Å². The van der Waals surface area contributed by atoms with Crippen LogP contribution in [0, 0.1) is 24.5 Å². The maximum atomic E-state index is 13.8. The van der Waals surface area contributed by atoms with Gasteiger partial charge in [-0.2, -0.15) is 0 Å². The summed E-state index contributed by atoms with van der Waals surface area (Å²) in [5.74, 6) is -0.251. The first-order valence-electron chi connectivity index (χ1n) is 9.40. The molecule has 0 unspecified atom stereocenters. The van der Waals surface area contributed by atoms with Crippen LogP contribution < -0.4 is 5.32 Å². The lowest BCUT2D eigenvalue weighted by molar-refractivity contribution is 0.0775. The standard InChI is InChI=1S/C20H29F2NO/c1-14-18(6-7-19(21)20(14)22)16-4-2-15(3-5-16)8-11-23-17-9-12-24-13-10-17/h6-7,15-17,23H,2-5,8-13H2,1H3/t15-,16+. The van der Waals surface area contributed by atoms with E-state index < -0.39 is 11.6 Å². The number of halogens is 2. The lowest BCUT2D eigenvalue weighted by Gasteiger charge is -2.30. The van der Waals surface area contributed by atoms with E-state index in [1.54, 1.807) is 13.0 Å². The predicted molar refractivity (Wildman–Crippen MR) is 92.3 cm³/mol. The highest BCUT2D eigenvalue weighted by molar-refractivity contribution is 5.31. The number of hydrogen-bond donors (Lipinski definition) is 1. The van der Waals surface area contributed by atoms with Gasteiger partial charge in [-0.05, 0) is 87.4 Å². The van der Waals surface area contributed by atoms with E-state index in [-0.39, 0.29) is 0 Å². The molecule has 4 heteroatoms. The van der Waals surface area contributed by atoms with Crippen molar-refractivity contribution in [1.29, 1.82) is 0 Å². The molecule has 1 saturated carbocycles. The fourth-order valence-electron chi connectivity index (χ4n) is 4.26. The van der Waals surface area contributed by atoms with Crippen LogP contribution in [0.2, 0.25) is 0 Å². The molecule has 0 bridgehead atoms. The molecule has 1 aliphatic carbocycles. The highest BCUT2D eigenvalue weighted by Crippen LogP contribution is 2.38. The van der Waals surface area contributed by atoms with E-state index in [0.717, 1.165) is 56.9 Å². The summed E-state index contributed by atoms with van der Waals surface area (Å²) in [7, 11) is 0. The second-order valence-electron chi connectivity index (χ2n) is 7.42.